The third-order valence-corrected chi connectivity index (χ3v) is 4.83. The Balaban J connectivity index is 1.54. The molecule has 0 bridgehead atoms. The zero-order valence-corrected chi connectivity index (χ0v) is 13.7. The molecule has 0 aromatic heterocycles. The van der Waals surface area contributed by atoms with E-state index in [0.29, 0.717) is 6.04 Å². The Bertz CT molecular complexity index is 526. The number of likely N-dealkylation sites (tertiary alicyclic amines) is 1. The summed E-state index contributed by atoms with van der Waals surface area (Å²) < 4.78 is 28.9. The van der Waals surface area contributed by atoms with Crippen LogP contribution in [0.3, 0.4) is 0 Å². The van der Waals surface area contributed by atoms with Crippen molar-refractivity contribution >= 4 is 11.6 Å². The highest BCUT2D eigenvalue weighted by molar-refractivity contribution is 6.32. The van der Waals surface area contributed by atoms with Gasteiger partial charge in [0.1, 0.15) is 5.75 Å². The van der Waals surface area contributed by atoms with Gasteiger partial charge in [-0.15, -0.1) is 0 Å². The highest BCUT2D eigenvalue weighted by atomic mass is 35.5. The predicted octanol–water partition coefficient (Wildman–Crippen LogP) is 2.42. The van der Waals surface area contributed by atoms with Crippen LogP contribution in [0.25, 0.3) is 0 Å². The van der Waals surface area contributed by atoms with Gasteiger partial charge in [0.15, 0.2) is 0 Å². The molecule has 1 aromatic rings. The second kappa shape index (κ2) is 7.75. The largest absolute Gasteiger partial charge is 0.433 e. The molecule has 0 spiro atoms. The molecule has 1 aromatic carbocycles. The zero-order chi connectivity index (χ0) is 16.2. The second-order valence-electron chi connectivity index (χ2n) is 6.11. The molecule has 4 nitrogen and oxygen atoms in total. The van der Waals surface area contributed by atoms with Crippen LogP contribution in [0.4, 0.5) is 8.78 Å². The van der Waals surface area contributed by atoms with Crippen molar-refractivity contribution < 1.29 is 13.5 Å². The first-order valence-corrected chi connectivity index (χ1v) is 8.40. The average molecular weight is 346 g/mol. The lowest BCUT2D eigenvalue weighted by Gasteiger charge is -2.32. The van der Waals surface area contributed by atoms with Crippen molar-refractivity contribution in [3.05, 3.63) is 28.8 Å². The van der Waals surface area contributed by atoms with Crippen LogP contribution in [0.15, 0.2) is 18.2 Å². The lowest BCUT2D eigenvalue weighted by molar-refractivity contribution is -0.0498. The van der Waals surface area contributed by atoms with Crippen LogP contribution in [0.2, 0.25) is 5.02 Å². The molecule has 0 saturated carbocycles. The molecule has 2 aliphatic rings. The van der Waals surface area contributed by atoms with Crippen LogP contribution >= 0.6 is 11.6 Å². The van der Waals surface area contributed by atoms with Gasteiger partial charge in [-0.2, -0.15) is 8.78 Å². The van der Waals surface area contributed by atoms with Gasteiger partial charge in [0.05, 0.1) is 5.02 Å². The van der Waals surface area contributed by atoms with E-state index in [1.807, 2.05) is 6.07 Å². The Morgan fingerprint density at radius 1 is 1.26 bits per heavy atom. The number of halogens is 3. The van der Waals surface area contributed by atoms with E-state index >= 15 is 0 Å². The molecule has 2 aliphatic heterocycles. The molecule has 23 heavy (non-hydrogen) atoms. The number of ether oxygens (including phenoxy) is 1. The fourth-order valence-corrected chi connectivity index (χ4v) is 3.64. The molecule has 2 heterocycles. The van der Waals surface area contributed by atoms with Gasteiger partial charge in [-0.1, -0.05) is 17.7 Å². The first-order chi connectivity index (χ1) is 11.1. The van der Waals surface area contributed by atoms with E-state index in [1.54, 1.807) is 6.07 Å². The molecule has 0 radical (unpaired) electrons. The minimum absolute atomic E-state index is 0.0329. The van der Waals surface area contributed by atoms with Crippen LogP contribution in [0.1, 0.15) is 12.0 Å². The number of alkyl halides is 2. The quantitative estimate of drug-likeness (QED) is 0.887. The molecule has 1 atom stereocenters. The van der Waals surface area contributed by atoms with E-state index in [-0.39, 0.29) is 10.8 Å². The Morgan fingerprint density at radius 2 is 2.04 bits per heavy atom. The standard InChI is InChI=1S/C16H22ClF2N3O/c17-14-9-12(1-2-15(14)23-16(18)19)10-21-6-3-13(11-21)22-7-4-20-5-8-22/h1-2,9,13,16,20H,3-8,10-11H2. The first-order valence-electron chi connectivity index (χ1n) is 8.02. The van der Waals surface area contributed by atoms with E-state index < -0.39 is 6.61 Å². The Morgan fingerprint density at radius 3 is 2.74 bits per heavy atom. The van der Waals surface area contributed by atoms with Gasteiger partial charge in [-0.25, -0.2) is 0 Å². The summed E-state index contributed by atoms with van der Waals surface area (Å²) in [5.74, 6) is 0.0329. The van der Waals surface area contributed by atoms with Crippen LogP contribution < -0.4 is 10.1 Å². The van der Waals surface area contributed by atoms with E-state index in [9.17, 15) is 8.78 Å². The molecule has 0 aliphatic carbocycles. The number of rotatable bonds is 5. The minimum Gasteiger partial charge on any atom is -0.433 e. The molecule has 1 N–H and O–H groups in total. The molecule has 2 saturated heterocycles. The van der Waals surface area contributed by atoms with E-state index in [1.165, 1.54) is 12.5 Å². The number of hydrogen-bond donors (Lipinski definition) is 1. The van der Waals surface area contributed by atoms with Crippen LogP contribution in [0.5, 0.6) is 5.75 Å². The average Bonchev–Trinajstić information content (AvgIpc) is 2.99. The Labute approximate surface area is 140 Å². The fourth-order valence-electron chi connectivity index (χ4n) is 3.39. The molecule has 7 heteroatoms. The number of nitrogens with zero attached hydrogens (tertiary/aromatic N) is 2. The Kier molecular flexibility index (Phi) is 5.69. The van der Waals surface area contributed by atoms with Gasteiger partial charge in [-0.3, -0.25) is 9.80 Å². The van der Waals surface area contributed by atoms with Crippen LogP contribution in [-0.4, -0.2) is 61.7 Å². The summed E-state index contributed by atoms with van der Waals surface area (Å²) in [4.78, 5) is 4.95. The van der Waals surface area contributed by atoms with Crippen molar-refractivity contribution in [2.45, 2.75) is 25.6 Å². The highest BCUT2D eigenvalue weighted by Crippen LogP contribution is 2.28. The molecule has 128 valence electrons. The summed E-state index contributed by atoms with van der Waals surface area (Å²) in [6.45, 7) is 4.41. The summed E-state index contributed by atoms with van der Waals surface area (Å²) in [5.41, 5.74) is 1.03. The maximum absolute atomic E-state index is 12.3. The summed E-state index contributed by atoms with van der Waals surface area (Å²) in [6, 6.07) is 5.67. The normalized spacial score (nSPS) is 23.6. The zero-order valence-electron chi connectivity index (χ0n) is 13.0. The van der Waals surface area contributed by atoms with E-state index in [4.69, 9.17) is 11.6 Å². The van der Waals surface area contributed by atoms with Gasteiger partial charge in [-0.05, 0) is 24.1 Å². The van der Waals surface area contributed by atoms with E-state index in [2.05, 4.69) is 19.9 Å². The van der Waals surface area contributed by atoms with E-state index in [0.717, 1.165) is 51.4 Å². The predicted molar refractivity (Wildman–Crippen MR) is 86.2 cm³/mol. The van der Waals surface area contributed by atoms with Gasteiger partial charge in [0, 0.05) is 51.9 Å². The second-order valence-corrected chi connectivity index (χ2v) is 6.51. The molecule has 0 amide bonds. The third kappa shape index (κ3) is 4.53. The number of nitrogens with one attached hydrogen (secondary N) is 1. The Hall–Kier alpha value is -0.950. The topological polar surface area (TPSA) is 27.7 Å². The maximum atomic E-state index is 12.3. The lowest BCUT2D eigenvalue weighted by Crippen LogP contribution is -2.49. The van der Waals surface area contributed by atoms with Gasteiger partial charge in [0.2, 0.25) is 0 Å². The monoisotopic (exact) mass is 345 g/mol. The smallest absolute Gasteiger partial charge is 0.387 e. The summed E-state index contributed by atoms with van der Waals surface area (Å²) >= 11 is 6.02. The van der Waals surface area contributed by atoms with Crippen LogP contribution in [0, 0.1) is 0 Å². The summed E-state index contributed by atoms with van der Waals surface area (Å²) in [5, 5.41) is 3.62. The number of hydrogen-bond acceptors (Lipinski definition) is 4. The number of benzene rings is 1. The van der Waals surface area contributed by atoms with Crippen molar-refractivity contribution in [1.82, 2.24) is 15.1 Å². The van der Waals surface area contributed by atoms with Crippen molar-refractivity contribution in [3.63, 3.8) is 0 Å². The molecule has 1 unspecified atom stereocenters. The van der Waals surface area contributed by atoms with Gasteiger partial charge < -0.3 is 10.1 Å². The fraction of sp³-hybridized carbons (Fsp3) is 0.625. The number of piperazine rings is 1. The summed E-state index contributed by atoms with van der Waals surface area (Å²) in [7, 11) is 0. The SMILES string of the molecule is FC(F)Oc1ccc(CN2CCC(N3CCNCC3)C2)cc1Cl. The minimum atomic E-state index is -2.85. The van der Waals surface area contributed by atoms with Crippen LogP contribution in [-0.2, 0) is 6.54 Å². The van der Waals surface area contributed by atoms with Crippen molar-refractivity contribution in [1.29, 1.82) is 0 Å². The van der Waals surface area contributed by atoms with Crippen molar-refractivity contribution in [3.8, 4) is 5.75 Å². The molecule has 2 fully saturated rings. The van der Waals surface area contributed by atoms with Crippen molar-refractivity contribution in [2.24, 2.45) is 0 Å². The maximum Gasteiger partial charge on any atom is 0.387 e. The van der Waals surface area contributed by atoms with Crippen molar-refractivity contribution in [2.75, 3.05) is 39.3 Å². The first kappa shape index (κ1) is 16.9. The third-order valence-electron chi connectivity index (χ3n) is 4.53. The van der Waals surface area contributed by atoms with Gasteiger partial charge >= 0.3 is 6.61 Å². The molecular weight excluding hydrogens is 324 g/mol. The lowest BCUT2D eigenvalue weighted by atomic mass is 10.2. The molecule has 3 rings (SSSR count). The summed E-state index contributed by atoms with van der Waals surface area (Å²) in [6.07, 6.45) is 1.18. The molecular formula is C16H22ClF2N3O. The highest BCUT2D eigenvalue weighted by Gasteiger charge is 2.28. The van der Waals surface area contributed by atoms with Gasteiger partial charge in [0.25, 0.3) is 0 Å².